The number of unbranched alkanes of at least 4 members (excludes halogenated alkanes) is 30. The first-order valence-corrected chi connectivity index (χ1v) is 55.7. The van der Waals surface area contributed by atoms with Crippen molar-refractivity contribution in [3.63, 3.8) is 0 Å². The van der Waals surface area contributed by atoms with Crippen molar-refractivity contribution in [2.45, 2.75) is 383 Å². The Bertz CT molecular complexity index is 4110. The lowest BCUT2D eigenvalue weighted by molar-refractivity contribution is 0.603. The third kappa shape index (κ3) is 49.5. The minimum atomic E-state index is 1.21. The summed E-state index contributed by atoms with van der Waals surface area (Å²) in [7, 11) is 0. The molecule has 0 aromatic heterocycles. The summed E-state index contributed by atoms with van der Waals surface area (Å²) in [4.78, 5) is 6.99. The molecular formula is C120H170S5. The Morgan fingerprint density at radius 2 is 0.232 bits per heavy atom. The molecule has 0 unspecified atom stereocenters. The van der Waals surface area contributed by atoms with Crippen molar-refractivity contribution in [1.82, 2.24) is 0 Å². The second-order valence-electron chi connectivity index (χ2n) is 34.7. The van der Waals surface area contributed by atoms with Crippen LogP contribution in [0.3, 0.4) is 0 Å². The quantitative estimate of drug-likeness (QED) is 0.0274. The average Bonchev–Trinajstić information content (AvgIpc) is 0.876. The van der Waals surface area contributed by atoms with Crippen molar-refractivity contribution in [3.8, 4) is 55.6 Å². The fourth-order valence-electron chi connectivity index (χ4n) is 15.4. The summed E-state index contributed by atoms with van der Waals surface area (Å²) in [6.45, 7) is 22.7. The Hall–Kier alpha value is -6.05. The third-order valence-corrected chi connectivity index (χ3v) is 29.1. The zero-order valence-electron chi connectivity index (χ0n) is 80.5. The maximum absolute atomic E-state index is 2.30. The Labute approximate surface area is 789 Å². The van der Waals surface area contributed by atoms with Crippen LogP contribution in [0.1, 0.15) is 354 Å². The van der Waals surface area contributed by atoms with Gasteiger partial charge in [0.05, 0.1) is 0 Å². The van der Waals surface area contributed by atoms with Gasteiger partial charge in [-0.05, 0) is 269 Å². The van der Waals surface area contributed by atoms with Crippen LogP contribution >= 0.6 is 58.8 Å². The van der Waals surface area contributed by atoms with E-state index in [4.69, 9.17) is 0 Å². The van der Waals surface area contributed by atoms with Gasteiger partial charge in [0.15, 0.2) is 0 Å². The highest BCUT2D eigenvalue weighted by molar-refractivity contribution is 8.00. The van der Waals surface area contributed by atoms with Gasteiger partial charge in [-0.1, -0.05) is 444 Å². The molecule has 10 aromatic carbocycles. The molecule has 0 radical (unpaired) electrons. The maximum atomic E-state index is 2.30. The fourth-order valence-corrected chi connectivity index (χ4v) is 20.0. The molecule has 0 amide bonds. The van der Waals surface area contributed by atoms with Gasteiger partial charge in [-0.25, -0.2) is 0 Å². The fraction of sp³-hybridized carbons (Fsp3) is 0.500. The van der Waals surface area contributed by atoms with Crippen LogP contribution in [0, 0.1) is 0 Å². The van der Waals surface area contributed by atoms with Crippen LogP contribution in [0.4, 0.5) is 0 Å². The molecule has 0 nitrogen and oxygen atoms in total. The lowest BCUT2D eigenvalue weighted by Crippen LogP contribution is -1.86. The lowest BCUT2D eigenvalue weighted by atomic mass is 10.0. The van der Waals surface area contributed by atoms with E-state index < -0.39 is 0 Å². The van der Waals surface area contributed by atoms with Crippen molar-refractivity contribution >= 4 is 58.8 Å². The van der Waals surface area contributed by atoms with Crippen LogP contribution < -0.4 is 0 Å². The Kier molecular flexibility index (Phi) is 62.7. The highest BCUT2D eigenvalue weighted by atomic mass is 32.2. The molecule has 0 fully saturated rings. The number of thioether (sulfide) groups is 5. The molecule has 0 spiro atoms. The van der Waals surface area contributed by atoms with Crippen LogP contribution in [0.15, 0.2) is 267 Å². The van der Waals surface area contributed by atoms with Crippen molar-refractivity contribution < 1.29 is 0 Å². The summed E-state index contributed by atoms with van der Waals surface area (Å²) in [6.07, 6.45) is 59.9. The van der Waals surface area contributed by atoms with Gasteiger partial charge in [0.1, 0.15) is 0 Å². The summed E-state index contributed by atoms with van der Waals surface area (Å²) in [5.41, 5.74) is 20.6. The van der Waals surface area contributed by atoms with Gasteiger partial charge >= 0.3 is 0 Å². The van der Waals surface area contributed by atoms with Crippen LogP contribution in [0.5, 0.6) is 0 Å². The molecule has 0 N–H and O–H groups in total. The van der Waals surface area contributed by atoms with E-state index in [0.29, 0.717) is 0 Å². The normalized spacial score (nSPS) is 11.0. The van der Waals surface area contributed by atoms with Crippen molar-refractivity contribution in [2.75, 3.05) is 28.8 Å². The minimum Gasteiger partial charge on any atom is -0.126 e. The van der Waals surface area contributed by atoms with E-state index in [1.165, 1.54) is 426 Å². The second-order valence-corrected chi connectivity index (χ2v) is 40.5. The summed E-state index contributed by atoms with van der Waals surface area (Å²) >= 11 is 9.97. The SMILES string of the molecule is CCCCCCCCCSc1ccc(-c2ccc(CCCCC)cc2)cc1.CCCCCCCCSc1ccc(-c2ccc(CCCCC)cc2)cc1.CCCCCCCSc1ccc(-c2ccc(CCCCC)cc2)cc1.CCCCCCSc1ccc(-c2ccc(CCCCC)cc2)cc1.CCCCCSc1ccc(-c2ccc(CCCCC)cc2)cc1. The Balaban J connectivity index is 0.000000242. The predicted octanol–water partition coefficient (Wildman–Crippen LogP) is 40.7. The van der Waals surface area contributed by atoms with Gasteiger partial charge < -0.3 is 0 Å². The Morgan fingerprint density at radius 3 is 0.392 bits per heavy atom. The van der Waals surface area contributed by atoms with E-state index in [2.05, 4.69) is 312 Å². The topological polar surface area (TPSA) is 0 Å². The number of hydrogen-bond donors (Lipinski definition) is 0. The van der Waals surface area contributed by atoms with Crippen LogP contribution in [0.25, 0.3) is 55.6 Å². The largest absolute Gasteiger partial charge is 0.126 e. The van der Waals surface area contributed by atoms with Crippen LogP contribution in [-0.4, -0.2) is 28.8 Å². The summed E-state index contributed by atoms with van der Waals surface area (Å²) in [6, 6.07) is 91.2. The third-order valence-electron chi connectivity index (χ3n) is 23.6. The molecule has 0 heterocycles. The minimum absolute atomic E-state index is 1.21. The van der Waals surface area contributed by atoms with Gasteiger partial charge in [-0.3, -0.25) is 0 Å². The number of hydrogen-bond acceptors (Lipinski definition) is 5. The molecule has 0 aliphatic rings. The molecule has 125 heavy (non-hydrogen) atoms. The van der Waals surface area contributed by atoms with E-state index in [9.17, 15) is 0 Å². The van der Waals surface area contributed by atoms with E-state index >= 15 is 0 Å². The molecule has 0 bridgehead atoms. The summed E-state index contributed by atoms with van der Waals surface area (Å²) in [5, 5.41) is 0. The Morgan fingerprint density at radius 1 is 0.120 bits per heavy atom. The maximum Gasteiger partial charge on any atom is 0.00723 e. The van der Waals surface area contributed by atoms with Gasteiger partial charge in [-0.15, -0.1) is 58.8 Å². The van der Waals surface area contributed by atoms with Crippen molar-refractivity contribution in [3.05, 3.63) is 270 Å². The molecular weight excluding hydrogens is 1600 g/mol. The average molecular weight is 1770 g/mol. The molecule has 0 aliphatic carbocycles. The first-order chi connectivity index (χ1) is 61.7. The van der Waals surface area contributed by atoms with Gasteiger partial charge in [0.2, 0.25) is 0 Å². The molecule has 680 valence electrons. The van der Waals surface area contributed by atoms with Gasteiger partial charge in [0, 0.05) is 24.5 Å². The summed E-state index contributed by atoms with van der Waals surface area (Å²) in [5.74, 6) is 6.22. The smallest absolute Gasteiger partial charge is 0.00723 e. The van der Waals surface area contributed by atoms with E-state index in [1.807, 2.05) is 58.8 Å². The van der Waals surface area contributed by atoms with Crippen LogP contribution in [0.2, 0.25) is 0 Å². The standard InChI is InChI=1S/C26H38S.C25H36S.C24H34S.C23H32S.C22H30S/c1-3-5-7-8-9-10-12-22-27-26-20-18-25(19-21-26)24-16-14-23(15-17-24)13-11-6-4-2;1-3-5-7-8-9-11-21-26-25-19-17-24(18-20-25)23-15-13-22(14-16-23)12-10-6-4-2;1-3-5-7-8-10-20-25-24-18-16-23(17-19-24)22-14-12-21(13-15-22)11-9-6-4-2;1-3-5-7-9-19-24-23-17-15-22(16-18-23)21-13-11-20(12-14-21)10-8-6-4-2;1-3-5-7-9-19-10-12-20(13-11-19)21-14-16-22(17-15-21)23-18-8-6-4-2/h14-21H,3-13,22H2,1-2H3;13-20H,3-12,21H2,1-2H3;12-19H,3-11,20H2,1-2H3;11-18H,3-10,19H2,1-2H3;10-17H,3-9,18H2,1-2H3. The molecule has 10 rings (SSSR count). The molecule has 0 saturated carbocycles. The molecule has 0 aliphatic heterocycles. The monoisotopic (exact) mass is 1770 g/mol. The lowest BCUT2D eigenvalue weighted by Gasteiger charge is -2.07. The van der Waals surface area contributed by atoms with Crippen molar-refractivity contribution in [2.24, 2.45) is 0 Å². The van der Waals surface area contributed by atoms with Gasteiger partial charge in [-0.2, -0.15) is 0 Å². The first kappa shape index (κ1) is 108. The number of rotatable bonds is 60. The highest BCUT2D eigenvalue weighted by Gasteiger charge is 2.09. The number of benzene rings is 10. The highest BCUT2D eigenvalue weighted by Crippen LogP contribution is 2.33. The zero-order valence-corrected chi connectivity index (χ0v) is 84.6. The van der Waals surface area contributed by atoms with Crippen LogP contribution in [-0.2, 0) is 32.1 Å². The summed E-state index contributed by atoms with van der Waals surface area (Å²) < 4.78 is 0. The van der Waals surface area contributed by atoms with E-state index in [-0.39, 0.29) is 0 Å². The zero-order chi connectivity index (χ0) is 88.7. The predicted molar refractivity (Wildman–Crippen MR) is 573 cm³/mol. The van der Waals surface area contributed by atoms with E-state index in [1.54, 1.807) is 0 Å². The second kappa shape index (κ2) is 72.7. The van der Waals surface area contributed by atoms with Crippen molar-refractivity contribution in [1.29, 1.82) is 0 Å². The molecule has 10 aromatic rings. The van der Waals surface area contributed by atoms with E-state index in [0.717, 1.165) is 0 Å². The molecule has 5 heteroatoms. The van der Waals surface area contributed by atoms with Gasteiger partial charge in [0.25, 0.3) is 0 Å². The molecule has 0 saturated heterocycles. The first-order valence-electron chi connectivity index (χ1n) is 50.8. The number of aryl methyl sites for hydroxylation is 5. The molecule has 0 atom stereocenters.